The van der Waals surface area contributed by atoms with E-state index >= 15 is 0 Å². The lowest BCUT2D eigenvalue weighted by atomic mass is 10.2. The fourth-order valence-corrected chi connectivity index (χ4v) is 3.91. The van der Waals surface area contributed by atoms with E-state index in [0.717, 1.165) is 11.3 Å². The van der Waals surface area contributed by atoms with E-state index in [9.17, 15) is 9.59 Å². The van der Waals surface area contributed by atoms with Crippen LogP contribution in [0.2, 0.25) is 0 Å². The molecule has 0 spiro atoms. The van der Waals surface area contributed by atoms with Crippen LogP contribution in [-0.2, 0) is 17.1 Å². The summed E-state index contributed by atoms with van der Waals surface area (Å²) in [5.41, 5.74) is 1.32. The fourth-order valence-electron chi connectivity index (χ4n) is 2.18. The van der Waals surface area contributed by atoms with Gasteiger partial charge in [-0.15, -0.1) is 11.3 Å². The second-order valence-corrected chi connectivity index (χ2v) is 6.81. The van der Waals surface area contributed by atoms with Crippen molar-refractivity contribution in [2.75, 3.05) is 7.11 Å². The van der Waals surface area contributed by atoms with Crippen LogP contribution in [0.25, 0.3) is 10.2 Å². The lowest BCUT2D eigenvalue weighted by Gasteiger charge is -2.10. The number of nitrogens with zero attached hydrogens (tertiary/aromatic N) is 2. The van der Waals surface area contributed by atoms with Crippen LogP contribution in [0.5, 0.6) is 5.75 Å². The molecule has 0 saturated carbocycles. The number of carboxylic acids is 1. The van der Waals surface area contributed by atoms with Gasteiger partial charge in [-0.2, -0.15) is 0 Å². The number of hydrogen-bond acceptors (Lipinski definition) is 6. The molecule has 8 heteroatoms. The van der Waals surface area contributed by atoms with Crippen LogP contribution in [0.4, 0.5) is 0 Å². The van der Waals surface area contributed by atoms with Gasteiger partial charge in [-0.1, -0.05) is 23.9 Å². The molecule has 0 aliphatic carbocycles. The maximum Gasteiger partial charge on any atom is 0.323 e. The van der Waals surface area contributed by atoms with Gasteiger partial charge in [0.1, 0.15) is 17.0 Å². The van der Waals surface area contributed by atoms with Crippen LogP contribution in [0.3, 0.4) is 0 Å². The topological polar surface area (TPSA) is 81.4 Å². The molecule has 0 bridgehead atoms. The highest BCUT2D eigenvalue weighted by Crippen LogP contribution is 2.24. The van der Waals surface area contributed by atoms with Gasteiger partial charge in [-0.25, -0.2) is 4.98 Å². The van der Waals surface area contributed by atoms with Crippen molar-refractivity contribution >= 4 is 39.3 Å². The van der Waals surface area contributed by atoms with Crippen LogP contribution < -0.4 is 10.3 Å². The largest absolute Gasteiger partial charge is 0.497 e. The van der Waals surface area contributed by atoms with Gasteiger partial charge in [0, 0.05) is 5.75 Å². The van der Waals surface area contributed by atoms with Gasteiger partial charge >= 0.3 is 5.97 Å². The molecule has 2 aromatic heterocycles. The van der Waals surface area contributed by atoms with Gasteiger partial charge < -0.3 is 9.84 Å². The number of fused-ring (bicyclic) bond motifs is 1. The number of aliphatic carboxylic acids is 1. The minimum absolute atomic E-state index is 0.311. The third-order valence-electron chi connectivity index (χ3n) is 3.35. The van der Waals surface area contributed by atoms with Crippen molar-refractivity contribution in [2.24, 2.45) is 0 Å². The summed E-state index contributed by atoms with van der Waals surface area (Å²) < 4.78 is 6.82. The first-order chi connectivity index (χ1) is 11.6. The van der Waals surface area contributed by atoms with E-state index in [4.69, 9.17) is 9.84 Å². The molecule has 1 aromatic carbocycles. The molecule has 2 heterocycles. The number of thioether (sulfide) groups is 1. The summed E-state index contributed by atoms with van der Waals surface area (Å²) in [4.78, 5) is 28.0. The Morgan fingerprint density at radius 2 is 2.08 bits per heavy atom. The Balaban J connectivity index is 1.91. The van der Waals surface area contributed by atoms with E-state index in [1.165, 1.54) is 27.7 Å². The highest BCUT2D eigenvalue weighted by molar-refractivity contribution is 7.98. The summed E-state index contributed by atoms with van der Waals surface area (Å²) in [6, 6.07) is 9.33. The van der Waals surface area contributed by atoms with Gasteiger partial charge in [0.15, 0.2) is 5.16 Å². The van der Waals surface area contributed by atoms with Gasteiger partial charge in [-0.05, 0) is 29.1 Å². The van der Waals surface area contributed by atoms with E-state index in [-0.39, 0.29) is 5.56 Å². The van der Waals surface area contributed by atoms with Crippen LogP contribution in [-0.4, -0.2) is 27.7 Å². The zero-order valence-electron chi connectivity index (χ0n) is 12.8. The monoisotopic (exact) mass is 362 g/mol. The standard InChI is InChI=1S/C16H14N2O4S2/c1-22-11-4-2-10(3-5-11)9-24-16-17-12-6-7-23-14(12)15(21)18(16)8-13(19)20/h2-7H,8-9H2,1H3,(H,19,20). The second-order valence-electron chi connectivity index (χ2n) is 4.95. The molecule has 1 N–H and O–H groups in total. The maximum atomic E-state index is 12.5. The van der Waals surface area contributed by atoms with Crippen LogP contribution >= 0.6 is 23.1 Å². The molecule has 124 valence electrons. The quantitative estimate of drug-likeness (QED) is 0.536. The number of benzene rings is 1. The predicted molar refractivity (Wildman–Crippen MR) is 94.1 cm³/mol. The number of hydrogen-bond donors (Lipinski definition) is 1. The molecule has 0 saturated heterocycles. The number of ether oxygens (including phenoxy) is 1. The zero-order chi connectivity index (χ0) is 17.1. The average Bonchev–Trinajstić information content (AvgIpc) is 3.05. The molecule has 0 atom stereocenters. The van der Waals surface area contributed by atoms with Crippen molar-refractivity contribution in [1.29, 1.82) is 0 Å². The SMILES string of the molecule is COc1ccc(CSc2nc3ccsc3c(=O)n2CC(=O)O)cc1. The summed E-state index contributed by atoms with van der Waals surface area (Å²) in [6.07, 6.45) is 0. The highest BCUT2D eigenvalue weighted by Gasteiger charge is 2.15. The van der Waals surface area contributed by atoms with E-state index < -0.39 is 12.5 Å². The molecule has 3 aromatic rings. The summed E-state index contributed by atoms with van der Waals surface area (Å²) in [5, 5.41) is 11.3. The number of methoxy groups -OCH3 is 1. The number of rotatable bonds is 6. The summed E-state index contributed by atoms with van der Waals surface area (Å²) in [6.45, 7) is -0.398. The number of aromatic nitrogens is 2. The third-order valence-corrected chi connectivity index (χ3v) is 5.29. The third kappa shape index (κ3) is 3.44. The lowest BCUT2D eigenvalue weighted by Crippen LogP contribution is -2.26. The molecule has 0 aliphatic heterocycles. The Hall–Kier alpha value is -2.32. The summed E-state index contributed by atoms with van der Waals surface area (Å²) in [5.74, 6) is 0.275. The molecule has 0 amide bonds. The first-order valence-corrected chi connectivity index (χ1v) is 8.90. The molecule has 3 rings (SSSR count). The first-order valence-electron chi connectivity index (χ1n) is 7.04. The van der Waals surface area contributed by atoms with Gasteiger partial charge in [-0.3, -0.25) is 14.2 Å². The minimum Gasteiger partial charge on any atom is -0.497 e. The van der Waals surface area contributed by atoms with E-state index in [1.807, 2.05) is 24.3 Å². The normalized spacial score (nSPS) is 10.9. The molecule has 0 radical (unpaired) electrons. The van der Waals surface area contributed by atoms with Gasteiger partial charge in [0.2, 0.25) is 0 Å². The molecular weight excluding hydrogens is 348 g/mol. The summed E-state index contributed by atoms with van der Waals surface area (Å²) >= 11 is 2.61. The minimum atomic E-state index is -1.07. The Labute approximate surface area is 145 Å². The maximum absolute atomic E-state index is 12.5. The van der Waals surface area contributed by atoms with Crippen LogP contribution in [0, 0.1) is 0 Å². The van der Waals surface area contributed by atoms with E-state index in [1.54, 1.807) is 18.6 Å². The molecule has 24 heavy (non-hydrogen) atoms. The van der Waals surface area contributed by atoms with Crippen molar-refractivity contribution < 1.29 is 14.6 Å². The molecule has 6 nitrogen and oxygen atoms in total. The smallest absolute Gasteiger partial charge is 0.323 e. The summed E-state index contributed by atoms with van der Waals surface area (Å²) in [7, 11) is 1.61. The Morgan fingerprint density at radius 1 is 1.33 bits per heavy atom. The zero-order valence-corrected chi connectivity index (χ0v) is 14.4. The molecular formula is C16H14N2O4S2. The Morgan fingerprint density at radius 3 is 2.75 bits per heavy atom. The van der Waals surface area contributed by atoms with Crippen LogP contribution in [0.1, 0.15) is 5.56 Å². The fraction of sp³-hybridized carbons (Fsp3) is 0.188. The molecule has 0 fully saturated rings. The Kier molecular flexibility index (Phi) is 4.86. The second kappa shape index (κ2) is 7.06. The highest BCUT2D eigenvalue weighted by atomic mass is 32.2. The van der Waals surface area contributed by atoms with Crippen molar-refractivity contribution in [3.8, 4) is 5.75 Å². The van der Waals surface area contributed by atoms with Crippen molar-refractivity contribution in [3.63, 3.8) is 0 Å². The molecule has 0 aliphatic rings. The number of carboxylic acid groups (broad SMARTS) is 1. The molecule has 0 unspecified atom stereocenters. The van der Waals surface area contributed by atoms with E-state index in [2.05, 4.69) is 4.98 Å². The first kappa shape index (κ1) is 16.5. The predicted octanol–water partition coefficient (Wildman–Crippen LogP) is 2.84. The average molecular weight is 362 g/mol. The number of carbonyl (C=O) groups is 1. The number of thiophene rings is 1. The van der Waals surface area contributed by atoms with Crippen LogP contribution in [0.15, 0.2) is 45.7 Å². The lowest BCUT2D eigenvalue weighted by molar-refractivity contribution is -0.137. The van der Waals surface area contributed by atoms with E-state index in [0.29, 0.717) is 21.1 Å². The van der Waals surface area contributed by atoms with Crippen molar-refractivity contribution in [2.45, 2.75) is 17.5 Å². The van der Waals surface area contributed by atoms with Gasteiger partial charge in [0.05, 0.1) is 12.6 Å². The Bertz CT molecular complexity index is 931. The van der Waals surface area contributed by atoms with Crippen molar-refractivity contribution in [1.82, 2.24) is 9.55 Å². The van der Waals surface area contributed by atoms with Crippen molar-refractivity contribution in [3.05, 3.63) is 51.6 Å². The van der Waals surface area contributed by atoms with Gasteiger partial charge in [0.25, 0.3) is 5.56 Å².